The zero-order valence-electron chi connectivity index (χ0n) is 3.46. The van der Waals surface area contributed by atoms with Crippen LogP contribution in [0.15, 0.2) is 12.0 Å². The van der Waals surface area contributed by atoms with Crippen molar-refractivity contribution in [3.8, 4) is 0 Å². The summed E-state index contributed by atoms with van der Waals surface area (Å²) in [6.07, 6.45) is 0. The third-order valence-corrected chi connectivity index (χ3v) is 0.632. The molecule has 0 spiro atoms. The summed E-state index contributed by atoms with van der Waals surface area (Å²) in [7, 11) is -3.90. The van der Waals surface area contributed by atoms with Crippen LogP contribution in [0.25, 0.3) is 0 Å². The van der Waals surface area contributed by atoms with Gasteiger partial charge in [0.05, 0.1) is 5.41 Å². The van der Waals surface area contributed by atoms with Gasteiger partial charge in [0.1, 0.15) is 0 Å². The fourth-order valence-electron chi connectivity index (χ4n) is 0. The van der Waals surface area contributed by atoms with Crippen LogP contribution in [-0.2, 0) is 10.1 Å². The van der Waals surface area contributed by atoms with Crippen LogP contribution < -0.4 is 0 Å². The molecule has 7 heavy (non-hydrogen) atoms. The minimum absolute atomic E-state index is 0. The van der Waals surface area contributed by atoms with E-state index in [-0.39, 0.29) is 41.7 Å². The third kappa shape index (κ3) is 11.0. The van der Waals surface area contributed by atoms with Gasteiger partial charge in [-0.2, -0.15) is 8.42 Å². The van der Waals surface area contributed by atoms with Crippen molar-refractivity contribution in [2.45, 2.75) is 0 Å². The third-order valence-electron chi connectivity index (χ3n) is 0.211. The van der Waals surface area contributed by atoms with Gasteiger partial charge in [0.15, 0.2) is 0 Å². The number of hydrogen-bond donors (Lipinski definition) is 1. The van der Waals surface area contributed by atoms with E-state index in [1.807, 2.05) is 0 Å². The second-order valence-electron chi connectivity index (χ2n) is 0.682. The fraction of sp³-hybridized carbons (Fsp3) is 0. The van der Waals surface area contributed by atoms with Gasteiger partial charge in [0.2, 0.25) is 0 Å². The van der Waals surface area contributed by atoms with Crippen molar-refractivity contribution < 1.29 is 54.7 Å². The van der Waals surface area contributed by atoms with E-state index in [1.165, 1.54) is 0 Å². The molecule has 0 amide bonds. The second kappa shape index (κ2) is 3.96. The molecule has 0 aromatic carbocycles. The first-order chi connectivity index (χ1) is 2.56. The molecule has 0 atom stereocenters. The average Bonchev–Trinajstić information content (AvgIpc) is 1.35. The molecule has 3 nitrogen and oxygen atoms in total. The summed E-state index contributed by atoms with van der Waals surface area (Å²) < 4.78 is 26.6. The van der Waals surface area contributed by atoms with Gasteiger partial charge < -0.3 is 0 Å². The molecule has 0 unspecified atom stereocenters. The summed E-state index contributed by atoms with van der Waals surface area (Å²) in [5.41, 5.74) is 0. The Labute approximate surface area is 75.9 Å². The van der Waals surface area contributed by atoms with Crippen LogP contribution in [0.2, 0.25) is 0 Å². The summed E-state index contributed by atoms with van der Waals surface area (Å²) >= 11 is 0. The molecule has 0 radical (unpaired) electrons. The number of hydrogen-bond acceptors (Lipinski definition) is 2. The van der Waals surface area contributed by atoms with Crippen molar-refractivity contribution in [1.82, 2.24) is 0 Å². The van der Waals surface area contributed by atoms with Crippen LogP contribution in [0.3, 0.4) is 0 Å². The van der Waals surface area contributed by atoms with E-state index >= 15 is 0 Å². The molecule has 0 rings (SSSR count). The van der Waals surface area contributed by atoms with E-state index in [2.05, 4.69) is 6.58 Å². The van der Waals surface area contributed by atoms with Crippen LogP contribution in [-0.4, -0.2) is 13.0 Å². The molecular weight excluding hydrogens is 244 g/mol. The summed E-state index contributed by atoms with van der Waals surface area (Å²) in [6.45, 7) is 2.79. The van der Waals surface area contributed by atoms with Gasteiger partial charge in [0.25, 0.3) is 10.1 Å². The van der Waals surface area contributed by atoms with Gasteiger partial charge in [-0.25, -0.2) is 0 Å². The van der Waals surface area contributed by atoms with E-state index in [0.29, 0.717) is 5.41 Å². The van der Waals surface area contributed by atoms with Crippen molar-refractivity contribution in [3.05, 3.63) is 12.0 Å². The monoisotopic (exact) mass is 248 g/mol. The predicted molar refractivity (Wildman–Crippen MR) is 21.7 cm³/mol. The predicted octanol–water partition coefficient (Wildman–Crippen LogP) is 0.0177. The maximum atomic E-state index is 9.44. The standard InChI is InChI=1S/C2H4O3S.Ce/c1-2-6(3,4)5;/h2H,1H2,(H,3,4,5);. The van der Waals surface area contributed by atoms with Crippen LogP contribution in [0, 0.1) is 41.7 Å². The van der Waals surface area contributed by atoms with E-state index in [0.717, 1.165) is 0 Å². The second-order valence-corrected chi connectivity index (χ2v) is 2.04. The fourth-order valence-corrected chi connectivity index (χ4v) is 0. The van der Waals surface area contributed by atoms with Crippen molar-refractivity contribution in [2.75, 3.05) is 0 Å². The van der Waals surface area contributed by atoms with Crippen molar-refractivity contribution >= 4 is 10.1 Å². The smallest absolute Gasteiger partial charge is 0.282 e. The molecule has 5 heteroatoms. The Morgan fingerprint density at radius 2 is 1.71 bits per heavy atom. The number of rotatable bonds is 1. The minimum Gasteiger partial charge on any atom is -0.282 e. The first-order valence-corrected chi connectivity index (χ1v) is 2.66. The minimum atomic E-state index is -3.90. The molecule has 0 aliphatic heterocycles. The largest absolute Gasteiger partial charge is 0.287 e. The van der Waals surface area contributed by atoms with E-state index < -0.39 is 10.1 Å². The Bertz CT molecular complexity index is 123. The van der Waals surface area contributed by atoms with Gasteiger partial charge in [0, 0.05) is 41.7 Å². The van der Waals surface area contributed by atoms with Crippen molar-refractivity contribution in [3.63, 3.8) is 0 Å². The maximum Gasteiger partial charge on any atom is 0.287 e. The van der Waals surface area contributed by atoms with Gasteiger partial charge in [-0.1, -0.05) is 6.58 Å². The van der Waals surface area contributed by atoms with E-state index in [1.54, 1.807) is 0 Å². The average molecular weight is 248 g/mol. The van der Waals surface area contributed by atoms with Crippen LogP contribution in [0.4, 0.5) is 0 Å². The van der Waals surface area contributed by atoms with Crippen molar-refractivity contribution in [2.24, 2.45) is 0 Å². The molecule has 0 bridgehead atoms. The Morgan fingerprint density at radius 3 is 1.71 bits per heavy atom. The SMILES string of the molecule is C=CS(=O)(=O)O.[Ce]. The molecular formula is C2H4CeO3S. The summed E-state index contributed by atoms with van der Waals surface area (Å²) in [5.74, 6) is 0. The Hall–Kier alpha value is 1.03. The van der Waals surface area contributed by atoms with E-state index in [4.69, 9.17) is 4.55 Å². The Kier molecular flexibility index (Phi) is 6.17. The zero-order valence-corrected chi connectivity index (χ0v) is 7.41. The summed E-state index contributed by atoms with van der Waals surface area (Å²) in [5, 5.41) is 0.465. The molecule has 0 heterocycles. The summed E-state index contributed by atoms with van der Waals surface area (Å²) in [4.78, 5) is 0. The molecule has 1 N–H and O–H groups in total. The molecule has 0 fully saturated rings. The first kappa shape index (κ1) is 10.9. The molecule has 0 saturated carbocycles. The van der Waals surface area contributed by atoms with Gasteiger partial charge in [-0.3, -0.25) is 4.55 Å². The normalized spacial score (nSPS) is 9.29. The van der Waals surface area contributed by atoms with Gasteiger partial charge in [-0.05, 0) is 0 Å². The molecule has 0 aromatic rings. The maximum absolute atomic E-state index is 9.44. The van der Waals surface area contributed by atoms with E-state index in [9.17, 15) is 8.42 Å². The summed E-state index contributed by atoms with van der Waals surface area (Å²) in [6, 6.07) is 0. The first-order valence-electron chi connectivity index (χ1n) is 1.16. The van der Waals surface area contributed by atoms with Gasteiger partial charge in [-0.15, -0.1) is 0 Å². The quantitative estimate of drug-likeness (QED) is 0.665. The molecule has 0 aliphatic carbocycles. The molecule has 0 saturated heterocycles. The van der Waals surface area contributed by atoms with Crippen molar-refractivity contribution in [1.29, 1.82) is 0 Å². The zero-order chi connectivity index (χ0) is 5.21. The Morgan fingerprint density at radius 1 is 1.57 bits per heavy atom. The molecule has 40 valence electrons. The van der Waals surface area contributed by atoms with Gasteiger partial charge >= 0.3 is 0 Å². The van der Waals surface area contributed by atoms with Crippen LogP contribution in [0.1, 0.15) is 0 Å². The van der Waals surface area contributed by atoms with Crippen LogP contribution >= 0.6 is 0 Å². The molecule has 0 aromatic heterocycles. The van der Waals surface area contributed by atoms with Crippen LogP contribution in [0.5, 0.6) is 0 Å². The topological polar surface area (TPSA) is 54.4 Å². The Balaban J connectivity index is 0. The molecule has 0 aliphatic rings.